The summed E-state index contributed by atoms with van der Waals surface area (Å²) in [4.78, 5) is 32.5. The van der Waals surface area contributed by atoms with Crippen LogP contribution in [0.4, 0.5) is 5.82 Å². The van der Waals surface area contributed by atoms with Crippen LogP contribution in [0.5, 0.6) is 5.75 Å². The van der Waals surface area contributed by atoms with E-state index in [-0.39, 0.29) is 22.2 Å². The average molecular weight is 316 g/mol. The van der Waals surface area contributed by atoms with E-state index in [1.165, 1.54) is 36.9 Å². The molecule has 1 saturated heterocycles. The van der Waals surface area contributed by atoms with Crippen LogP contribution in [0.15, 0.2) is 6.20 Å². The third-order valence-electron chi connectivity index (χ3n) is 2.91. The van der Waals surface area contributed by atoms with Gasteiger partial charge in [-0.2, -0.15) is 4.98 Å². The Kier molecular flexibility index (Phi) is 4.82. The molecule has 0 radical (unpaired) electrons. The summed E-state index contributed by atoms with van der Waals surface area (Å²) in [6, 6.07) is 0. The topological polar surface area (TPSA) is 72.4 Å². The minimum absolute atomic E-state index is 0.0489. The van der Waals surface area contributed by atoms with E-state index in [9.17, 15) is 9.59 Å². The summed E-state index contributed by atoms with van der Waals surface area (Å²) in [5.41, 5.74) is 0. The molecule has 0 aromatic carbocycles. The van der Waals surface area contributed by atoms with Crippen molar-refractivity contribution in [3.63, 3.8) is 0 Å². The van der Waals surface area contributed by atoms with Crippen molar-refractivity contribution < 1.29 is 14.3 Å². The van der Waals surface area contributed by atoms with Gasteiger partial charge in [-0.25, -0.2) is 4.98 Å². The van der Waals surface area contributed by atoms with Gasteiger partial charge in [0, 0.05) is 25.6 Å². The van der Waals surface area contributed by atoms with Crippen molar-refractivity contribution in [1.82, 2.24) is 9.97 Å². The zero-order chi connectivity index (χ0) is 14.7. The second-order valence-electron chi connectivity index (χ2n) is 4.41. The van der Waals surface area contributed by atoms with Gasteiger partial charge in [0.15, 0.2) is 16.7 Å². The fraction of sp³-hybridized carbons (Fsp3) is 0.500. The van der Waals surface area contributed by atoms with Crippen LogP contribution in [0.2, 0.25) is 5.28 Å². The lowest BCUT2D eigenvalue weighted by Crippen LogP contribution is -2.26. The Balaban J connectivity index is 2.15. The Hall–Kier alpha value is -1.34. The lowest BCUT2D eigenvalue weighted by Gasteiger charge is -2.17. The Labute approximate surface area is 125 Å². The fourth-order valence-electron chi connectivity index (χ4n) is 2.01. The molecule has 8 heteroatoms. The molecule has 1 aliphatic rings. The first-order valence-electron chi connectivity index (χ1n) is 6.01. The first-order valence-corrected chi connectivity index (χ1v) is 7.38. The smallest absolute Gasteiger partial charge is 0.228 e. The molecule has 1 aliphatic heterocycles. The zero-order valence-electron chi connectivity index (χ0n) is 11.1. The predicted molar refractivity (Wildman–Crippen MR) is 77.2 cm³/mol. The van der Waals surface area contributed by atoms with E-state index in [2.05, 4.69) is 9.97 Å². The lowest BCUT2D eigenvalue weighted by atomic mass is 10.1. The Morgan fingerprint density at radius 2 is 2.40 bits per heavy atom. The Bertz CT molecular complexity index is 541. The van der Waals surface area contributed by atoms with Crippen LogP contribution in [0.3, 0.4) is 0 Å². The molecule has 0 spiro atoms. The van der Waals surface area contributed by atoms with Gasteiger partial charge in [-0.3, -0.25) is 14.5 Å². The largest absolute Gasteiger partial charge is 0.491 e. The maximum Gasteiger partial charge on any atom is 0.228 e. The highest BCUT2D eigenvalue weighted by Gasteiger charge is 2.33. The summed E-state index contributed by atoms with van der Waals surface area (Å²) >= 11 is 7.01. The first kappa shape index (κ1) is 15.1. The van der Waals surface area contributed by atoms with Gasteiger partial charge in [0.05, 0.1) is 13.3 Å². The molecule has 108 valence electrons. The quantitative estimate of drug-likeness (QED) is 0.789. The predicted octanol–water partition coefficient (Wildman–Crippen LogP) is 1.77. The van der Waals surface area contributed by atoms with E-state index in [4.69, 9.17) is 16.3 Å². The Morgan fingerprint density at radius 3 is 3.05 bits per heavy atom. The van der Waals surface area contributed by atoms with Crippen LogP contribution >= 0.6 is 23.4 Å². The highest BCUT2D eigenvalue weighted by Crippen LogP contribution is 2.32. The molecular formula is C12H14ClN3O3S. The van der Waals surface area contributed by atoms with Crippen molar-refractivity contribution in [2.24, 2.45) is 5.92 Å². The molecule has 1 aromatic rings. The SMILES string of the molecule is COc1cnc(Cl)nc1N1CC(CSC(C)=O)CC1=O. The van der Waals surface area contributed by atoms with E-state index in [0.717, 1.165) is 0 Å². The molecule has 0 N–H and O–H groups in total. The lowest BCUT2D eigenvalue weighted by molar-refractivity contribution is -0.117. The van der Waals surface area contributed by atoms with E-state index in [0.29, 0.717) is 30.3 Å². The van der Waals surface area contributed by atoms with Crippen LogP contribution in [-0.2, 0) is 9.59 Å². The van der Waals surface area contributed by atoms with Gasteiger partial charge in [-0.05, 0) is 17.5 Å². The van der Waals surface area contributed by atoms with Crippen molar-refractivity contribution in [1.29, 1.82) is 0 Å². The summed E-state index contributed by atoms with van der Waals surface area (Å²) in [6.07, 6.45) is 1.83. The normalized spacial score (nSPS) is 18.4. The summed E-state index contributed by atoms with van der Waals surface area (Å²) < 4.78 is 5.16. The number of aromatic nitrogens is 2. The molecule has 1 fully saturated rings. The number of carbonyl (C=O) groups is 2. The first-order chi connectivity index (χ1) is 9.51. The zero-order valence-corrected chi connectivity index (χ0v) is 12.7. The highest BCUT2D eigenvalue weighted by atomic mass is 35.5. The third kappa shape index (κ3) is 3.40. The summed E-state index contributed by atoms with van der Waals surface area (Å²) in [5, 5.41) is 0.119. The van der Waals surface area contributed by atoms with E-state index < -0.39 is 0 Å². The number of amides is 1. The van der Waals surface area contributed by atoms with E-state index >= 15 is 0 Å². The van der Waals surface area contributed by atoms with Crippen LogP contribution in [0.1, 0.15) is 13.3 Å². The molecule has 2 rings (SSSR count). The standard InChI is InChI=1S/C12H14ClN3O3S/c1-7(17)20-6-8-3-10(18)16(5-8)11-9(19-2)4-14-12(13)15-11/h4,8H,3,5-6H2,1-2H3. The number of rotatable bonds is 4. The van der Waals surface area contributed by atoms with Gasteiger partial charge < -0.3 is 4.74 Å². The van der Waals surface area contributed by atoms with E-state index in [1.807, 2.05) is 0 Å². The van der Waals surface area contributed by atoms with Crippen LogP contribution < -0.4 is 9.64 Å². The molecule has 0 bridgehead atoms. The molecule has 1 unspecified atom stereocenters. The van der Waals surface area contributed by atoms with Gasteiger partial charge in [0.1, 0.15) is 0 Å². The fourth-order valence-corrected chi connectivity index (χ4v) is 2.83. The van der Waals surface area contributed by atoms with Crippen molar-refractivity contribution >= 4 is 40.2 Å². The molecular weight excluding hydrogens is 302 g/mol. The highest BCUT2D eigenvalue weighted by molar-refractivity contribution is 8.13. The third-order valence-corrected chi connectivity index (χ3v) is 4.14. The maximum absolute atomic E-state index is 12.1. The van der Waals surface area contributed by atoms with E-state index in [1.54, 1.807) is 0 Å². The van der Waals surface area contributed by atoms with Crippen molar-refractivity contribution in [3.05, 3.63) is 11.5 Å². The maximum atomic E-state index is 12.1. The number of thioether (sulfide) groups is 1. The van der Waals surface area contributed by atoms with Gasteiger partial charge in [-0.15, -0.1) is 0 Å². The Morgan fingerprint density at radius 1 is 1.65 bits per heavy atom. The molecule has 0 aliphatic carbocycles. The number of methoxy groups -OCH3 is 1. The summed E-state index contributed by atoms with van der Waals surface area (Å²) in [6.45, 7) is 2.02. The number of anilines is 1. The second kappa shape index (κ2) is 6.41. The van der Waals surface area contributed by atoms with Crippen molar-refractivity contribution in [2.75, 3.05) is 24.3 Å². The van der Waals surface area contributed by atoms with Gasteiger partial charge in [-0.1, -0.05) is 11.8 Å². The van der Waals surface area contributed by atoms with Crippen LogP contribution in [-0.4, -0.2) is 40.4 Å². The number of halogens is 1. The second-order valence-corrected chi connectivity index (χ2v) is 5.94. The molecule has 2 heterocycles. The van der Waals surface area contributed by atoms with Crippen LogP contribution in [0.25, 0.3) is 0 Å². The molecule has 6 nitrogen and oxygen atoms in total. The van der Waals surface area contributed by atoms with Crippen LogP contribution in [0, 0.1) is 5.92 Å². The monoisotopic (exact) mass is 315 g/mol. The minimum Gasteiger partial charge on any atom is -0.491 e. The van der Waals surface area contributed by atoms with Gasteiger partial charge in [0.25, 0.3) is 0 Å². The van der Waals surface area contributed by atoms with Crippen molar-refractivity contribution in [2.45, 2.75) is 13.3 Å². The van der Waals surface area contributed by atoms with Gasteiger partial charge >= 0.3 is 0 Å². The van der Waals surface area contributed by atoms with Gasteiger partial charge in [0.2, 0.25) is 11.2 Å². The molecule has 0 saturated carbocycles. The number of hydrogen-bond acceptors (Lipinski definition) is 6. The van der Waals surface area contributed by atoms with Crippen molar-refractivity contribution in [3.8, 4) is 5.75 Å². The average Bonchev–Trinajstić information content (AvgIpc) is 2.77. The molecule has 20 heavy (non-hydrogen) atoms. The minimum atomic E-state index is -0.0489. The number of hydrogen-bond donors (Lipinski definition) is 0. The molecule has 1 aromatic heterocycles. The number of ether oxygens (including phenoxy) is 1. The number of nitrogens with zero attached hydrogens (tertiary/aromatic N) is 3. The number of carbonyl (C=O) groups excluding carboxylic acids is 2. The molecule has 1 atom stereocenters. The summed E-state index contributed by atoms with van der Waals surface area (Å²) in [5.74, 6) is 1.48. The summed E-state index contributed by atoms with van der Waals surface area (Å²) in [7, 11) is 1.49. The molecule has 1 amide bonds.